The highest BCUT2D eigenvalue weighted by molar-refractivity contribution is 7.96. The molecule has 1 rings (SSSR count). The molecule has 1 amide bonds. The first-order chi connectivity index (χ1) is 4.33. The van der Waals surface area contributed by atoms with Gasteiger partial charge in [-0.3, -0.25) is 15.2 Å². The summed E-state index contributed by atoms with van der Waals surface area (Å²) in [6, 6.07) is 0. The van der Waals surface area contributed by atoms with Gasteiger partial charge in [-0.05, 0) is 11.9 Å². The van der Waals surface area contributed by atoms with E-state index in [0.717, 1.165) is 0 Å². The third kappa shape index (κ3) is 1.60. The summed E-state index contributed by atoms with van der Waals surface area (Å²) in [7, 11) is 0. The Morgan fingerprint density at radius 3 is 3.22 bits per heavy atom. The Morgan fingerprint density at radius 2 is 2.78 bits per heavy atom. The highest BCUT2D eigenvalue weighted by atomic mass is 32.2. The third-order valence-electron chi connectivity index (χ3n) is 0.853. The third-order valence-corrected chi connectivity index (χ3v) is 1.43. The van der Waals surface area contributed by atoms with Crippen LogP contribution in [0.3, 0.4) is 0 Å². The molecule has 0 radical (unpaired) electrons. The van der Waals surface area contributed by atoms with Gasteiger partial charge in [-0.1, -0.05) is 0 Å². The Labute approximate surface area is 57.4 Å². The predicted molar refractivity (Wildman–Crippen MR) is 36.9 cm³/mol. The van der Waals surface area contributed by atoms with Gasteiger partial charge in [-0.25, -0.2) is 4.41 Å². The van der Waals surface area contributed by atoms with Crippen LogP contribution in [-0.2, 0) is 4.79 Å². The zero-order chi connectivity index (χ0) is 6.69. The molecule has 0 aliphatic carbocycles. The number of hydrazine groups is 1. The number of hydrogen-bond donors (Lipinski definition) is 1. The Balaban J connectivity index is 2.49. The first-order valence-electron chi connectivity index (χ1n) is 2.45. The van der Waals surface area contributed by atoms with E-state index in [1.807, 2.05) is 6.26 Å². The quantitative estimate of drug-likeness (QED) is 0.512. The lowest BCUT2D eigenvalue weighted by Crippen LogP contribution is -2.41. The summed E-state index contributed by atoms with van der Waals surface area (Å²) in [6.07, 6.45) is 3.45. The van der Waals surface area contributed by atoms with E-state index in [1.165, 1.54) is 11.9 Å². The normalized spacial score (nSPS) is 17.9. The molecule has 1 heterocycles. The molecule has 0 aromatic rings. The van der Waals surface area contributed by atoms with Crippen LogP contribution in [0.5, 0.6) is 0 Å². The molecule has 0 atom stereocenters. The summed E-state index contributed by atoms with van der Waals surface area (Å²) < 4.78 is 1.56. The van der Waals surface area contributed by atoms with Gasteiger partial charge in [-0.15, -0.1) is 0 Å². The molecule has 4 nitrogen and oxygen atoms in total. The first kappa shape index (κ1) is 6.41. The highest BCUT2D eigenvalue weighted by Crippen LogP contribution is 1.98. The van der Waals surface area contributed by atoms with Crippen LogP contribution in [0.15, 0.2) is 4.99 Å². The molecule has 1 aliphatic rings. The maximum absolute atomic E-state index is 10.6. The molecule has 1 N–H and O–H groups in total. The maximum atomic E-state index is 10.6. The van der Waals surface area contributed by atoms with Crippen molar-refractivity contribution >= 4 is 24.2 Å². The van der Waals surface area contributed by atoms with Crippen LogP contribution in [0, 0.1) is 0 Å². The van der Waals surface area contributed by atoms with Crippen molar-refractivity contribution in [2.75, 3.05) is 12.8 Å². The van der Waals surface area contributed by atoms with E-state index >= 15 is 0 Å². The van der Waals surface area contributed by atoms with Crippen molar-refractivity contribution in [2.24, 2.45) is 4.99 Å². The van der Waals surface area contributed by atoms with E-state index in [4.69, 9.17) is 0 Å². The molecule has 50 valence electrons. The lowest BCUT2D eigenvalue weighted by atomic mass is 10.6. The molecule has 0 bridgehead atoms. The summed E-state index contributed by atoms with van der Waals surface area (Å²) in [4.78, 5) is 14.3. The highest BCUT2D eigenvalue weighted by Gasteiger charge is 2.07. The van der Waals surface area contributed by atoms with Crippen LogP contribution < -0.4 is 5.43 Å². The first-order valence-corrected chi connectivity index (χ1v) is 3.64. The molecular weight excluding hydrogens is 138 g/mol. The van der Waals surface area contributed by atoms with Gasteiger partial charge in [0, 0.05) is 6.26 Å². The second-order valence-electron chi connectivity index (χ2n) is 1.50. The molecule has 0 saturated heterocycles. The van der Waals surface area contributed by atoms with Gasteiger partial charge in [0.2, 0.25) is 0 Å². The lowest BCUT2D eigenvalue weighted by molar-refractivity contribution is -0.121. The minimum Gasteiger partial charge on any atom is -0.271 e. The van der Waals surface area contributed by atoms with E-state index < -0.39 is 0 Å². The van der Waals surface area contributed by atoms with Gasteiger partial charge in [0.25, 0.3) is 5.91 Å². The van der Waals surface area contributed by atoms with Crippen LogP contribution in [-0.4, -0.2) is 29.5 Å². The second kappa shape index (κ2) is 2.72. The van der Waals surface area contributed by atoms with Crippen LogP contribution >= 0.6 is 11.9 Å². The zero-order valence-corrected chi connectivity index (χ0v) is 5.81. The average molecular weight is 145 g/mol. The van der Waals surface area contributed by atoms with Gasteiger partial charge in [0.1, 0.15) is 12.9 Å². The Hall–Kier alpha value is -0.710. The topological polar surface area (TPSA) is 44.7 Å². The van der Waals surface area contributed by atoms with Crippen molar-refractivity contribution in [3.05, 3.63) is 0 Å². The van der Waals surface area contributed by atoms with Gasteiger partial charge >= 0.3 is 0 Å². The van der Waals surface area contributed by atoms with Crippen molar-refractivity contribution in [1.82, 2.24) is 9.84 Å². The van der Waals surface area contributed by atoms with Crippen LogP contribution in [0.1, 0.15) is 0 Å². The minimum absolute atomic E-state index is 0.0631. The van der Waals surface area contributed by atoms with E-state index in [1.54, 1.807) is 10.8 Å². The molecule has 5 heteroatoms. The number of carbonyl (C=O) groups is 1. The van der Waals surface area contributed by atoms with Crippen LogP contribution in [0.2, 0.25) is 0 Å². The van der Waals surface area contributed by atoms with E-state index in [0.29, 0.717) is 0 Å². The number of amides is 1. The van der Waals surface area contributed by atoms with Crippen molar-refractivity contribution in [2.45, 2.75) is 0 Å². The zero-order valence-electron chi connectivity index (χ0n) is 5.00. The monoisotopic (exact) mass is 145 g/mol. The summed E-state index contributed by atoms with van der Waals surface area (Å²) in [5.41, 5.74) is 2.57. The molecule has 0 fully saturated rings. The molecule has 0 unspecified atom stereocenters. The summed E-state index contributed by atoms with van der Waals surface area (Å²) >= 11 is 1.40. The van der Waals surface area contributed by atoms with E-state index in [9.17, 15) is 4.79 Å². The van der Waals surface area contributed by atoms with Crippen molar-refractivity contribution in [1.29, 1.82) is 0 Å². The predicted octanol–water partition coefficient (Wildman–Crippen LogP) is -0.360. The fourth-order valence-corrected chi connectivity index (χ4v) is 0.832. The number of carbonyl (C=O) groups excluding carboxylic acids is 1. The smallest absolute Gasteiger partial charge is 0.260 e. The summed E-state index contributed by atoms with van der Waals surface area (Å²) in [5.74, 6) is -0.0631. The van der Waals surface area contributed by atoms with Gasteiger partial charge in [0.05, 0.1) is 0 Å². The van der Waals surface area contributed by atoms with Gasteiger partial charge < -0.3 is 0 Å². The number of nitrogens with one attached hydrogen (secondary N) is 1. The van der Waals surface area contributed by atoms with Crippen molar-refractivity contribution in [3.8, 4) is 0 Å². The molecular formula is C4H7N3OS. The molecule has 0 saturated carbocycles. The Morgan fingerprint density at radius 1 is 2.00 bits per heavy atom. The fraction of sp³-hybridized carbons (Fsp3) is 0.500. The largest absolute Gasteiger partial charge is 0.271 e. The Bertz CT molecular complexity index is 147. The van der Waals surface area contributed by atoms with Crippen LogP contribution in [0.25, 0.3) is 0 Å². The molecule has 0 spiro atoms. The second-order valence-corrected chi connectivity index (χ2v) is 2.26. The average Bonchev–Trinajstić information content (AvgIpc) is 1.88. The minimum atomic E-state index is -0.0631. The SMILES string of the molecule is CSN1C=NCC(=O)N1. The summed E-state index contributed by atoms with van der Waals surface area (Å²) in [6.45, 7) is 0.247. The van der Waals surface area contributed by atoms with Crippen molar-refractivity contribution in [3.63, 3.8) is 0 Å². The summed E-state index contributed by atoms with van der Waals surface area (Å²) in [5, 5.41) is 0. The molecule has 9 heavy (non-hydrogen) atoms. The van der Waals surface area contributed by atoms with Gasteiger partial charge in [0.15, 0.2) is 0 Å². The maximum Gasteiger partial charge on any atom is 0.260 e. The van der Waals surface area contributed by atoms with E-state index in [2.05, 4.69) is 10.4 Å². The number of nitrogens with zero attached hydrogens (tertiary/aromatic N) is 2. The number of aliphatic imine (C=N–C) groups is 1. The number of rotatable bonds is 1. The van der Waals surface area contributed by atoms with Crippen LogP contribution in [0.4, 0.5) is 0 Å². The fourth-order valence-electron chi connectivity index (χ4n) is 0.478. The standard InChI is InChI=1S/C4H7N3OS/c1-9-7-3-5-2-4(8)6-7/h3H,2H2,1H3,(H,6,8). The van der Waals surface area contributed by atoms with E-state index in [-0.39, 0.29) is 12.5 Å². The molecule has 0 aromatic carbocycles. The molecule has 0 aromatic heterocycles. The van der Waals surface area contributed by atoms with Crippen molar-refractivity contribution < 1.29 is 4.79 Å². The lowest BCUT2D eigenvalue weighted by Gasteiger charge is -2.19. The number of hydrogen-bond acceptors (Lipinski definition) is 4. The van der Waals surface area contributed by atoms with Gasteiger partial charge in [-0.2, -0.15) is 0 Å². The Kier molecular flexibility index (Phi) is 1.94. The molecule has 1 aliphatic heterocycles.